The smallest absolute Gasteiger partial charge is 0.310 e. The molecule has 1 aliphatic heterocycles. The van der Waals surface area contributed by atoms with Gasteiger partial charge in [-0.25, -0.2) is 0 Å². The van der Waals surface area contributed by atoms with E-state index in [1.165, 1.54) is 0 Å². The van der Waals surface area contributed by atoms with E-state index in [2.05, 4.69) is 18.9 Å². The van der Waals surface area contributed by atoms with Gasteiger partial charge < -0.3 is 9.64 Å². The van der Waals surface area contributed by atoms with Crippen molar-refractivity contribution in [2.24, 2.45) is 5.92 Å². The number of hydrogen-bond donors (Lipinski definition) is 0. The summed E-state index contributed by atoms with van der Waals surface area (Å²) < 4.78 is 5.03. The van der Waals surface area contributed by atoms with Crippen LogP contribution < -0.4 is 0 Å². The highest BCUT2D eigenvalue weighted by Crippen LogP contribution is 2.23. The Hall–Kier alpha value is -0.570. The summed E-state index contributed by atoms with van der Waals surface area (Å²) in [6, 6.07) is 0.327. The molecule has 0 N–H and O–H groups in total. The average Bonchev–Trinajstić information content (AvgIpc) is 2.10. The normalized spacial score (nSPS) is 30.1. The van der Waals surface area contributed by atoms with E-state index >= 15 is 0 Å². The minimum Gasteiger partial charge on any atom is -0.466 e. The molecule has 0 saturated carbocycles. The third-order valence-electron chi connectivity index (χ3n) is 2.89. The van der Waals surface area contributed by atoms with Gasteiger partial charge in [-0.1, -0.05) is 0 Å². The first-order valence-electron chi connectivity index (χ1n) is 5.03. The van der Waals surface area contributed by atoms with Crippen LogP contribution in [0.2, 0.25) is 0 Å². The molecule has 0 aromatic heterocycles. The maximum Gasteiger partial charge on any atom is 0.310 e. The zero-order valence-electron chi connectivity index (χ0n) is 8.75. The van der Waals surface area contributed by atoms with E-state index in [0.29, 0.717) is 12.6 Å². The molecule has 1 aliphatic rings. The molecule has 0 radical (unpaired) electrons. The maximum atomic E-state index is 11.5. The highest BCUT2D eigenvalue weighted by atomic mass is 16.5. The van der Waals surface area contributed by atoms with Gasteiger partial charge in [0.15, 0.2) is 0 Å². The Morgan fingerprint density at radius 2 is 2.31 bits per heavy atom. The van der Waals surface area contributed by atoms with Gasteiger partial charge in [0.25, 0.3) is 0 Å². The van der Waals surface area contributed by atoms with Crippen LogP contribution in [0.4, 0.5) is 0 Å². The van der Waals surface area contributed by atoms with Gasteiger partial charge in [-0.2, -0.15) is 0 Å². The van der Waals surface area contributed by atoms with Crippen LogP contribution in [0.25, 0.3) is 0 Å². The van der Waals surface area contributed by atoms with Crippen molar-refractivity contribution < 1.29 is 9.53 Å². The fraction of sp³-hybridized carbons (Fsp3) is 0.900. The van der Waals surface area contributed by atoms with Crippen molar-refractivity contribution in [3.8, 4) is 0 Å². The van der Waals surface area contributed by atoms with Crippen LogP contribution in [0, 0.1) is 5.92 Å². The van der Waals surface area contributed by atoms with Crippen LogP contribution in [-0.4, -0.2) is 37.1 Å². The van der Waals surface area contributed by atoms with E-state index < -0.39 is 0 Å². The number of hydrogen-bond acceptors (Lipinski definition) is 3. The van der Waals surface area contributed by atoms with Gasteiger partial charge in [0.1, 0.15) is 0 Å². The summed E-state index contributed by atoms with van der Waals surface area (Å²) in [6.45, 7) is 5.54. The molecule has 0 aliphatic carbocycles. The predicted octanol–water partition coefficient (Wildman–Crippen LogP) is 1.28. The summed E-state index contributed by atoms with van der Waals surface area (Å²) in [5.41, 5.74) is 0. The molecular formula is C10H19NO2. The molecule has 1 heterocycles. The first-order valence-corrected chi connectivity index (χ1v) is 5.03. The maximum absolute atomic E-state index is 11.5. The number of likely N-dealkylation sites (tertiary alicyclic amines) is 1. The largest absolute Gasteiger partial charge is 0.466 e. The summed E-state index contributed by atoms with van der Waals surface area (Å²) in [7, 11) is 2.07. The number of rotatable bonds is 2. The Morgan fingerprint density at radius 1 is 1.62 bits per heavy atom. The Morgan fingerprint density at radius 3 is 2.92 bits per heavy atom. The highest BCUT2D eigenvalue weighted by Gasteiger charge is 2.31. The van der Waals surface area contributed by atoms with Crippen molar-refractivity contribution in [3.05, 3.63) is 0 Å². The monoisotopic (exact) mass is 185 g/mol. The fourth-order valence-electron chi connectivity index (χ4n) is 1.88. The molecule has 0 amide bonds. The van der Waals surface area contributed by atoms with Gasteiger partial charge in [-0.15, -0.1) is 0 Å². The standard InChI is InChI=1S/C10H19NO2/c1-4-13-10(12)9-6-5-7-11(3)8(9)2/h8-9H,4-7H2,1-3H3/t8-,9+/m1/s1. The fourth-order valence-corrected chi connectivity index (χ4v) is 1.88. The molecule has 0 aromatic rings. The minimum absolute atomic E-state index is 0.0263. The summed E-state index contributed by atoms with van der Waals surface area (Å²) in [6.07, 6.45) is 2.08. The number of carbonyl (C=O) groups excluding carboxylic acids is 1. The molecule has 3 nitrogen and oxygen atoms in total. The van der Waals surface area contributed by atoms with Gasteiger partial charge in [0, 0.05) is 6.04 Å². The molecular weight excluding hydrogens is 166 g/mol. The van der Waals surface area contributed by atoms with Crippen molar-refractivity contribution in [2.45, 2.75) is 32.7 Å². The van der Waals surface area contributed by atoms with E-state index in [9.17, 15) is 4.79 Å². The molecule has 13 heavy (non-hydrogen) atoms. The molecule has 2 atom stereocenters. The van der Waals surface area contributed by atoms with Crippen molar-refractivity contribution in [2.75, 3.05) is 20.2 Å². The molecule has 0 spiro atoms. The number of piperidine rings is 1. The van der Waals surface area contributed by atoms with E-state index in [1.54, 1.807) is 0 Å². The van der Waals surface area contributed by atoms with Crippen LogP contribution in [-0.2, 0) is 9.53 Å². The Bertz CT molecular complexity index is 182. The van der Waals surface area contributed by atoms with Crippen molar-refractivity contribution in [3.63, 3.8) is 0 Å². The zero-order chi connectivity index (χ0) is 9.84. The summed E-state index contributed by atoms with van der Waals surface area (Å²) >= 11 is 0. The summed E-state index contributed by atoms with van der Waals surface area (Å²) in [4.78, 5) is 13.7. The predicted molar refractivity (Wildman–Crippen MR) is 51.4 cm³/mol. The Labute approximate surface area is 80.1 Å². The zero-order valence-corrected chi connectivity index (χ0v) is 8.75. The van der Waals surface area contributed by atoms with Gasteiger partial charge in [0.2, 0.25) is 0 Å². The molecule has 0 aromatic carbocycles. The van der Waals surface area contributed by atoms with Crippen LogP contribution in [0.3, 0.4) is 0 Å². The molecule has 1 rings (SSSR count). The van der Waals surface area contributed by atoms with Gasteiger partial charge >= 0.3 is 5.97 Å². The van der Waals surface area contributed by atoms with Crippen LogP contribution in [0.15, 0.2) is 0 Å². The van der Waals surface area contributed by atoms with E-state index in [0.717, 1.165) is 19.4 Å². The summed E-state index contributed by atoms with van der Waals surface area (Å²) in [5.74, 6) is 0.0558. The quantitative estimate of drug-likeness (QED) is 0.607. The molecule has 0 unspecified atom stereocenters. The Kier molecular flexibility index (Phi) is 3.72. The third-order valence-corrected chi connectivity index (χ3v) is 2.89. The van der Waals surface area contributed by atoms with Gasteiger partial charge in [-0.3, -0.25) is 4.79 Å². The average molecular weight is 185 g/mol. The molecule has 0 bridgehead atoms. The molecule has 1 fully saturated rings. The number of ether oxygens (including phenoxy) is 1. The first-order chi connectivity index (χ1) is 6.16. The second-order valence-electron chi connectivity index (χ2n) is 3.72. The minimum atomic E-state index is -0.0263. The topological polar surface area (TPSA) is 29.5 Å². The molecule has 76 valence electrons. The van der Waals surface area contributed by atoms with Crippen molar-refractivity contribution >= 4 is 5.97 Å². The van der Waals surface area contributed by atoms with Crippen molar-refractivity contribution in [1.29, 1.82) is 0 Å². The summed E-state index contributed by atoms with van der Waals surface area (Å²) in [5, 5.41) is 0. The first kappa shape index (κ1) is 10.5. The van der Waals surface area contributed by atoms with Gasteiger partial charge in [0.05, 0.1) is 12.5 Å². The van der Waals surface area contributed by atoms with Crippen LogP contribution in [0.1, 0.15) is 26.7 Å². The van der Waals surface area contributed by atoms with Crippen LogP contribution >= 0.6 is 0 Å². The van der Waals surface area contributed by atoms with Crippen molar-refractivity contribution in [1.82, 2.24) is 4.90 Å². The van der Waals surface area contributed by atoms with E-state index in [-0.39, 0.29) is 11.9 Å². The van der Waals surface area contributed by atoms with E-state index in [1.807, 2.05) is 6.92 Å². The molecule has 1 saturated heterocycles. The second kappa shape index (κ2) is 4.61. The van der Waals surface area contributed by atoms with Gasteiger partial charge in [-0.05, 0) is 40.3 Å². The second-order valence-corrected chi connectivity index (χ2v) is 3.72. The highest BCUT2D eigenvalue weighted by molar-refractivity contribution is 5.73. The number of carbonyl (C=O) groups is 1. The lowest BCUT2D eigenvalue weighted by atomic mass is 9.91. The third kappa shape index (κ3) is 2.44. The number of esters is 1. The lowest BCUT2D eigenvalue weighted by Crippen LogP contribution is -2.44. The number of nitrogens with zero attached hydrogens (tertiary/aromatic N) is 1. The van der Waals surface area contributed by atoms with E-state index in [4.69, 9.17) is 4.74 Å². The molecule has 3 heteroatoms. The SMILES string of the molecule is CCOC(=O)[C@H]1CCCN(C)[C@@H]1C. The lowest BCUT2D eigenvalue weighted by Gasteiger charge is -2.35. The Balaban J connectivity index is 2.52. The lowest BCUT2D eigenvalue weighted by molar-refractivity contribution is -0.151. The van der Waals surface area contributed by atoms with Crippen LogP contribution in [0.5, 0.6) is 0 Å².